The summed E-state index contributed by atoms with van der Waals surface area (Å²) < 4.78 is 18.2. The minimum Gasteiger partial charge on any atom is -0.382 e. The summed E-state index contributed by atoms with van der Waals surface area (Å²) in [4.78, 5) is 6.72. The number of ether oxygens (including phenoxy) is 1. The van der Waals surface area contributed by atoms with E-state index in [1.165, 1.54) is 12.1 Å². The van der Waals surface area contributed by atoms with Gasteiger partial charge in [0.2, 0.25) is 0 Å². The minimum atomic E-state index is -0.195. The van der Waals surface area contributed by atoms with Crippen LogP contribution in [-0.4, -0.2) is 57.3 Å². The SMILES string of the molecule is CCNC(=NCCCOCC)NCCN(C)Cc1ccc(F)cc1. The molecule has 0 bridgehead atoms. The molecule has 5 nitrogen and oxygen atoms in total. The number of halogens is 1. The Bertz CT molecular complexity index is 465. The molecule has 0 atom stereocenters. The first-order valence-electron chi connectivity index (χ1n) is 8.68. The summed E-state index contributed by atoms with van der Waals surface area (Å²) in [5.74, 6) is 0.642. The Morgan fingerprint density at radius 3 is 2.62 bits per heavy atom. The molecule has 0 saturated carbocycles. The maximum atomic E-state index is 12.9. The lowest BCUT2D eigenvalue weighted by atomic mass is 10.2. The van der Waals surface area contributed by atoms with E-state index in [-0.39, 0.29) is 5.82 Å². The first-order chi connectivity index (χ1) is 11.7. The molecule has 1 rings (SSSR count). The normalized spacial score (nSPS) is 11.8. The van der Waals surface area contributed by atoms with Crippen molar-refractivity contribution in [2.75, 3.05) is 46.4 Å². The highest BCUT2D eigenvalue weighted by Crippen LogP contribution is 2.04. The highest BCUT2D eigenvalue weighted by molar-refractivity contribution is 5.79. The van der Waals surface area contributed by atoms with Crippen LogP contribution in [0, 0.1) is 5.82 Å². The number of aliphatic imine (C=N–C) groups is 1. The Kier molecular flexibility index (Phi) is 10.8. The summed E-state index contributed by atoms with van der Waals surface area (Å²) in [6.45, 7) is 9.61. The average Bonchev–Trinajstić information content (AvgIpc) is 2.56. The molecule has 0 unspecified atom stereocenters. The van der Waals surface area contributed by atoms with Crippen LogP contribution in [0.4, 0.5) is 4.39 Å². The molecule has 0 fully saturated rings. The molecule has 0 saturated heterocycles. The lowest BCUT2D eigenvalue weighted by Crippen LogP contribution is -2.41. The van der Waals surface area contributed by atoms with Gasteiger partial charge in [-0.05, 0) is 45.0 Å². The van der Waals surface area contributed by atoms with Crippen molar-refractivity contribution in [1.29, 1.82) is 0 Å². The molecule has 0 aliphatic heterocycles. The van der Waals surface area contributed by atoms with Crippen molar-refractivity contribution in [1.82, 2.24) is 15.5 Å². The minimum absolute atomic E-state index is 0.195. The number of nitrogens with one attached hydrogen (secondary N) is 2. The Labute approximate surface area is 145 Å². The second kappa shape index (κ2) is 12.7. The maximum Gasteiger partial charge on any atom is 0.191 e. The van der Waals surface area contributed by atoms with Crippen LogP contribution in [0.25, 0.3) is 0 Å². The van der Waals surface area contributed by atoms with E-state index >= 15 is 0 Å². The summed E-state index contributed by atoms with van der Waals surface area (Å²) in [5, 5.41) is 6.57. The van der Waals surface area contributed by atoms with Gasteiger partial charge in [-0.3, -0.25) is 4.99 Å². The number of likely N-dealkylation sites (N-methyl/N-ethyl adjacent to an activating group) is 1. The van der Waals surface area contributed by atoms with E-state index in [1.807, 2.05) is 19.1 Å². The number of nitrogens with zero attached hydrogens (tertiary/aromatic N) is 2. The highest BCUT2D eigenvalue weighted by Gasteiger charge is 2.02. The van der Waals surface area contributed by atoms with E-state index in [1.54, 1.807) is 0 Å². The summed E-state index contributed by atoms with van der Waals surface area (Å²) >= 11 is 0. The molecular formula is C18H31FN4O. The van der Waals surface area contributed by atoms with Gasteiger partial charge in [0.05, 0.1) is 0 Å². The van der Waals surface area contributed by atoms with E-state index in [2.05, 4.69) is 34.5 Å². The third kappa shape index (κ3) is 9.47. The fourth-order valence-electron chi connectivity index (χ4n) is 2.19. The van der Waals surface area contributed by atoms with Gasteiger partial charge in [0.25, 0.3) is 0 Å². The number of guanidine groups is 1. The molecule has 1 aromatic rings. The zero-order valence-electron chi connectivity index (χ0n) is 15.1. The fraction of sp³-hybridized carbons (Fsp3) is 0.611. The number of hydrogen-bond acceptors (Lipinski definition) is 3. The second-order valence-electron chi connectivity index (χ2n) is 5.60. The van der Waals surface area contributed by atoms with Crippen LogP contribution in [0.1, 0.15) is 25.8 Å². The van der Waals surface area contributed by atoms with Crippen molar-refractivity contribution in [2.45, 2.75) is 26.8 Å². The molecular weight excluding hydrogens is 307 g/mol. The van der Waals surface area contributed by atoms with E-state index in [9.17, 15) is 4.39 Å². The monoisotopic (exact) mass is 338 g/mol. The molecule has 0 spiro atoms. The molecule has 0 aromatic heterocycles. The number of benzene rings is 1. The van der Waals surface area contributed by atoms with Crippen molar-refractivity contribution >= 4 is 5.96 Å². The predicted molar refractivity (Wildman–Crippen MR) is 97.8 cm³/mol. The third-order valence-electron chi connectivity index (χ3n) is 3.42. The zero-order valence-corrected chi connectivity index (χ0v) is 15.1. The Hall–Kier alpha value is -1.66. The van der Waals surface area contributed by atoms with Gasteiger partial charge in [0, 0.05) is 45.9 Å². The molecule has 136 valence electrons. The van der Waals surface area contributed by atoms with Gasteiger partial charge in [0.1, 0.15) is 5.82 Å². The highest BCUT2D eigenvalue weighted by atomic mass is 19.1. The van der Waals surface area contributed by atoms with Gasteiger partial charge in [0.15, 0.2) is 5.96 Å². The molecule has 0 aliphatic rings. The third-order valence-corrected chi connectivity index (χ3v) is 3.42. The van der Waals surface area contributed by atoms with Crippen molar-refractivity contribution in [3.63, 3.8) is 0 Å². The molecule has 6 heteroatoms. The van der Waals surface area contributed by atoms with E-state index in [4.69, 9.17) is 4.74 Å². The summed E-state index contributed by atoms with van der Waals surface area (Å²) in [7, 11) is 2.05. The van der Waals surface area contributed by atoms with Crippen LogP contribution in [0.5, 0.6) is 0 Å². The Morgan fingerprint density at radius 2 is 1.96 bits per heavy atom. The summed E-state index contributed by atoms with van der Waals surface area (Å²) in [6.07, 6.45) is 0.925. The van der Waals surface area contributed by atoms with Gasteiger partial charge in [-0.1, -0.05) is 12.1 Å². The fourth-order valence-corrected chi connectivity index (χ4v) is 2.19. The first kappa shape index (κ1) is 20.4. The number of hydrogen-bond donors (Lipinski definition) is 2. The van der Waals surface area contributed by atoms with Gasteiger partial charge < -0.3 is 20.3 Å². The van der Waals surface area contributed by atoms with Crippen LogP contribution in [-0.2, 0) is 11.3 Å². The molecule has 24 heavy (non-hydrogen) atoms. The summed E-state index contributed by atoms with van der Waals surface area (Å²) in [5.41, 5.74) is 1.11. The van der Waals surface area contributed by atoms with Gasteiger partial charge in [-0.25, -0.2) is 4.39 Å². The van der Waals surface area contributed by atoms with Crippen molar-refractivity contribution in [3.05, 3.63) is 35.6 Å². The Balaban J connectivity index is 2.27. The van der Waals surface area contributed by atoms with E-state index in [0.29, 0.717) is 0 Å². The molecule has 1 aromatic carbocycles. The first-order valence-corrected chi connectivity index (χ1v) is 8.68. The van der Waals surface area contributed by atoms with E-state index < -0.39 is 0 Å². The molecule has 0 heterocycles. The average molecular weight is 338 g/mol. The summed E-state index contributed by atoms with van der Waals surface area (Å²) in [6, 6.07) is 6.64. The van der Waals surface area contributed by atoms with Crippen molar-refractivity contribution in [3.8, 4) is 0 Å². The largest absolute Gasteiger partial charge is 0.382 e. The molecule has 0 amide bonds. The van der Waals surface area contributed by atoms with Crippen molar-refractivity contribution in [2.24, 2.45) is 4.99 Å². The lowest BCUT2D eigenvalue weighted by molar-refractivity contribution is 0.146. The Morgan fingerprint density at radius 1 is 1.21 bits per heavy atom. The van der Waals surface area contributed by atoms with Crippen LogP contribution in [0.3, 0.4) is 0 Å². The van der Waals surface area contributed by atoms with Gasteiger partial charge >= 0.3 is 0 Å². The van der Waals surface area contributed by atoms with Crippen LogP contribution in [0.2, 0.25) is 0 Å². The topological polar surface area (TPSA) is 48.9 Å². The van der Waals surface area contributed by atoms with Crippen LogP contribution in [0.15, 0.2) is 29.3 Å². The molecule has 0 radical (unpaired) electrons. The second-order valence-corrected chi connectivity index (χ2v) is 5.60. The number of rotatable bonds is 11. The quantitative estimate of drug-likeness (QED) is 0.369. The van der Waals surface area contributed by atoms with E-state index in [0.717, 1.165) is 63.9 Å². The standard InChI is InChI=1S/C18H31FN4O/c1-4-20-18(21-11-6-14-24-5-2)22-12-13-23(3)15-16-7-9-17(19)10-8-16/h7-10H,4-6,11-15H2,1-3H3,(H2,20,21,22). The zero-order chi connectivity index (χ0) is 17.6. The smallest absolute Gasteiger partial charge is 0.191 e. The van der Waals surface area contributed by atoms with Gasteiger partial charge in [-0.2, -0.15) is 0 Å². The van der Waals surface area contributed by atoms with Crippen LogP contribution >= 0.6 is 0 Å². The molecule has 0 aliphatic carbocycles. The van der Waals surface area contributed by atoms with Crippen molar-refractivity contribution < 1.29 is 9.13 Å². The van der Waals surface area contributed by atoms with Gasteiger partial charge in [-0.15, -0.1) is 0 Å². The maximum absolute atomic E-state index is 12.9. The predicted octanol–water partition coefficient (Wildman–Crippen LogP) is 2.24. The molecule has 2 N–H and O–H groups in total. The lowest BCUT2D eigenvalue weighted by Gasteiger charge is -2.18. The van der Waals surface area contributed by atoms with Crippen LogP contribution < -0.4 is 10.6 Å².